The zero-order chi connectivity index (χ0) is 24.4. The average Bonchev–Trinajstić information content (AvgIpc) is 3.08. The Balaban J connectivity index is 2.07. The molecule has 21 heavy (non-hydrogen) atoms. The van der Waals surface area contributed by atoms with Gasteiger partial charge in [0.25, 0.3) is 0 Å². The molecule has 1 fully saturated rings. The number of ether oxygens (including phenoxy) is 1. The number of carbonyl (C=O) groups is 1. The van der Waals surface area contributed by atoms with Crippen molar-refractivity contribution in [3.63, 3.8) is 0 Å². The lowest BCUT2D eigenvalue weighted by atomic mass is 10.0. The van der Waals surface area contributed by atoms with Crippen molar-refractivity contribution >= 4 is 17.0 Å². The Morgan fingerprint density at radius 1 is 1.67 bits per heavy atom. The van der Waals surface area contributed by atoms with Gasteiger partial charge in [0.15, 0.2) is 2.82 Å². The number of carbonyl (C=O) groups excluding carboxylic acids is 1. The van der Waals surface area contributed by atoms with E-state index in [1.165, 1.54) is 18.2 Å². The third-order valence-electron chi connectivity index (χ3n) is 3.01. The molecule has 0 unspecified atom stereocenters. The first-order valence-corrected chi connectivity index (χ1v) is 6.30. The summed E-state index contributed by atoms with van der Waals surface area (Å²) in [6.07, 6.45) is -3.11. The first-order chi connectivity index (χ1) is 14.4. The highest BCUT2D eigenvalue weighted by Gasteiger charge is 2.22. The van der Waals surface area contributed by atoms with Gasteiger partial charge < -0.3 is 19.9 Å². The molecule has 1 atom stereocenters. The maximum absolute atomic E-state index is 11.6. The third kappa shape index (κ3) is 3.19. The van der Waals surface area contributed by atoms with Gasteiger partial charge in [-0.2, -0.15) is 0 Å². The van der Waals surface area contributed by atoms with Gasteiger partial charge in [-0.1, -0.05) is 6.07 Å². The van der Waals surface area contributed by atoms with E-state index in [2.05, 4.69) is 4.74 Å². The average molecular weight is 298 g/mol. The van der Waals surface area contributed by atoms with Crippen LogP contribution >= 0.6 is 0 Å². The molecule has 3 rings (SSSR count). The molecule has 5 nitrogen and oxygen atoms in total. The molecule has 112 valence electrons. The van der Waals surface area contributed by atoms with E-state index in [-0.39, 0.29) is 22.9 Å². The fourth-order valence-electron chi connectivity index (χ4n) is 2.09. The minimum absolute atomic E-state index is 0.118. The van der Waals surface area contributed by atoms with E-state index in [0.29, 0.717) is 15.8 Å². The summed E-state index contributed by atoms with van der Waals surface area (Å²) in [6, 6.07) is 3.09. The van der Waals surface area contributed by atoms with Crippen LogP contribution in [-0.4, -0.2) is 49.1 Å². The summed E-state index contributed by atoms with van der Waals surface area (Å²) < 4.78 is 91.5. The van der Waals surface area contributed by atoms with Crippen molar-refractivity contribution in [2.45, 2.75) is 18.8 Å². The number of benzene rings is 1. The molecule has 2 aromatic rings. The van der Waals surface area contributed by atoms with E-state index in [4.69, 9.17) is 15.2 Å². The number of hydrogen-bond acceptors (Lipinski definition) is 3. The summed E-state index contributed by atoms with van der Waals surface area (Å²) in [4.78, 5) is 12.7. The molecule has 0 aliphatic carbocycles. The highest BCUT2D eigenvalue weighted by molar-refractivity contribution is 5.84. The van der Waals surface area contributed by atoms with E-state index in [1.54, 1.807) is 0 Å². The quantitative estimate of drug-likeness (QED) is 0.887. The zero-order valence-electron chi connectivity index (χ0n) is 22.3. The molecule has 1 aromatic carbocycles. The summed E-state index contributed by atoms with van der Waals surface area (Å²) in [5.41, 5.74) is 0.328. The molecule has 2 heterocycles. The molecule has 0 bridgehead atoms. The Morgan fingerprint density at radius 3 is 3.33 bits per heavy atom. The number of H-pyrrole nitrogens is 1. The van der Waals surface area contributed by atoms with Crippen LogP contribution in [-0.2, 0) is 17.5 Å². The third-order valence-corrected chi connectivity index (χ3v) is 3.01. The lowest BCUT2D eigenvalue weighted by Crippen LogP contribution is -2.28. The summed E-state index contributed by atoms with van der Waals surface area (Å²) in [6.45, 7) is -8.32. The Hall–Kier alpha value is -2.01. The lowest BCUT2D eigenvalue weighted by Gasteiger charge is -2.09. The van der Waals surface area contributed by atoms with Crippen LogP contribution in [0.3, 0.4) is 0 Å². The number of aryl methyl sites for hydroxylation is 1. The van der Waals surface area contributed by atoms with Gasteiger partial charge in [-0.3, -0.25) is 0 Å². The topological polar surface area (TPSA) is 57.4 Å². The van der Waals surface area contributed by atoms with E-state index in [9.17, 15) is 4.79 Å². The van der Waals surface area contributed by atoms with E-state index in [0.717, 1.165) is 18.2 Å². The highest BCUT2D eigenvalue weighted by Crippen LogP contribution is 2.21. The van der Waals surface area contributed by atoms with Crippen molar-refractivity contribution in [2.75, 3.05) is 27.1 Å². The van der Waals surface area contributed by atoms with E-state index in [1.807, 2.05) is 0 Å². The van der Waals surface area contributed by atoms with Gasteiger partial charge in [-0.15, -0.1) is 0 Å². The number of amides is 1. The first-order valence-electron chi connectivity index (χ1n) is 11.7. The smallest absolute Gasteiger partial charge is 0.407 e. The van der Waals surface area contributed by atoms with Crippen LogP contribution in [0.2, 0.25) is 2.82 Å². The van der Waals surface area contributed by atoms with Gasteiger partial charge in [-0.05, 0) is 50.1 Å². The second-order valence-electron chi connectivity index (χ2n) is 4.65. The normalized spacial score (nSPS) is 30.8. The molecule has 0 radical (unpaired) electrons. The predicted octanol–water partition coefficient (Wildman–Crippen LogP) is 1.92. The van der Waals surface area contributed by atoms with Crippen molar-refractivity contribution in [3.8, 4) is 0 Å². The Labute approximate surface area is 139 Å². The van der Waals surface area contributed by atoms with Crippen molar-refractivity contribution in [1.29, 1.82) is 0 Å². The molecule has 0 saturated carbocycles. The van der Waals surface area contributed by atoms with Crippen molar-refractivity contribution in [2.24, 2.45) is 0 Å². The first kappa shape index (κ1) is 6.01. The van der Waals surface area contributed by atoms with Crippen LogP contribution in [0.1, 0.15) is 23.5 Å². The number of likely N-dealkylation sites (N-methyl/N-ethyl adjacent to an activating group) is 1. The van der Waals surface area contributed by atoms with Crippen LogP contribution in [0.25, 0.3) is 10.9 Å². The molecular weight excluding hydrogens is 266 g/mol. The molecule has 1 aliphatic rings. The Kier molecular flexibility index (Phi) is 1.65. The highest BCUT2D eigenvalue weighted by atomic mass is 16.6. The second-order valence-corrected chi connectivity index (χ2v) is 4.65. The van der Waals surface area contributed by atoms with E-state index < -0.39 is 38.5 Å². The number of rotatable bonds is 5. The number of aromatic nitrogens is 1. The lowest BCUT2D eigenvalue weighted by molar-refractivity contribution is 0.177. The molecular formula is C16H21N3O2. The summed E-state index contributed by atoms with van der Waals surface area (Å²) in [7, 11) is 0.943. The fraction of sp³-hybridized carbons (Fsp3) is 0.438. The predicted molar refractivity (Wildman–Crippen MR) is 82.5 cm³/mol. The van der Waals surface area contributed by atoms with Crippen molar-refractivity contribution in [1.82, 2.24) is 15.2 Å². The minimum atomic E-state index is -2.98. The number of fused-ring (bicyclic) bond motifs is 1. The molecule has 5 heteroatoms. The largest absolute Gasteiger partial charge is 0.447 e. The molecule has 1 aromatic heterocycles. The van der Waals surface area contributed by atoms with Gasteiger partial charge in [0.1, 0.15) is 6.56 Å². The maximum Gasteiger partial charge on any atom is 0.407 e. The number of aromatic amines is 1. The minimum Gasteiger partial charge on any atom is -0.447 e. The Morgan fingerprint density at radius 2 is 2.57 bits per heavy atom. The van der Waals surface area contributed by atoms with Crippen LogP contribution in [0.15, 0.2) is 24.4 Å². The van der Waals surface area contributed by atoms with Crippen LogP contribution in [0.5, 0.6) is 0 Å². The van der Waals surface area contributed by atoms with Gasteiger partial charge in [0.2, 0.25) is 0 Å². The number of nitrogens with zero attached hydrogens (tertiary/aromatic N) is 1. The zero-order valence-corrected chi connectivity index (χ0v) is 11.3. The fourth-order valence-corrected chi connectivity index (χ4v) is 2.09. The second kappa shape index (κ2) is 5.77. The SMILES string of the molecule is [2H]N1C(=O)OC([2H])([2H])[C@@H]1Cc1ccc2c(c1)c(C([2H])([2H])C([2H])([2H])N(C)C([2H])([2H])[2H])cn2[2H]. The monoisotopic (exact) mass is 298 g/mol. The standard InChI is InChI=1S/C16H21N3O2/c1-19(2)6-5-12-9-17-15-4-3-11(8-14(12)15)7-13-10-21-16(20)18-13/h3-4,8-9,13,17H,5-7,10H2,1-2H3,(H,18,20)/t13-/m0/s1/i1D3,5D2,6D2,10D2/hD2. The molecule has 2 N–H and O–H groups in total. The number of nitrogens with one attached hydrogen (secondary N) is 2. The molecule has 1 amide bonds. The summed E-state index contributed by atoms with van der Waals surface area (Å²) in [5.74, 6) is 0. The number of hydrogen-bond donors (Lipinski definition) is 2. The Bertz CT molecular complexity index is 1050. The van der Waals surface area contributed by atoms with Crippen LogP contribution in [0, 0.1) is 0 Å². The number of alkyl carbamates (subject to hydrolysis) is 1. The van der Waals surface area contributed by atoms with Crippen molar-refractivity contribution in [3.05, 3.63) is 35.5 Å². The summed E-state index contributed by atoms with van der Waals surface area (Å²) in [5, 5.41) is 0.497. The van der Waals surface area contributed by atoms with Crippen LogP contribution < -0.4 is 5.31 Å². The number of cyclic esters (lactones) is 1. The molecule has 1 aliphatic heterocycles. The molecule has 1 saturated heterocycles. The van der Waals surface area contributed by atoms with Crippen molar-refractivity contribution < 1.29 is 24.7 Å². The summed E-state index contributed by atoms with van der Waals surface area (Å²) >= 11 is 0. The van der Waals surface area contributed by atoms with Gasteiger partial charge in [0.05, 0.1) is 8.78 Å². The van der Waals surface area contributed by atoms with Crippen LogP contribution in [0.4, 0.5) is 4.79 Å². The van der Waals surface area contributed by atoms with Gasteiger partial charge in [0, 0.05) is 33.2 Å². The maximum atomic E-state index is 11.6. The van der Waals surface area contributed by atoms with E-state index >= 15 is 0 Å². The molecule has 0 spiro atoms. The van der Waals surface area contributed by atoms with Gasteiger partial charge in [-0.25, -0.2) is 4.79 Å². The van der Waals surface area contributed by atoms with Gasteiger partial charge >= 0.3 is 6.09 Å².